The molecule has 0 atom stereocenters. The highest BCUT2D eigenvalue weighted by Gasteiger charge is 2.15. The van der Waals surface area contributed by atoms with E-state index < -0.39 is 5.97 Å². The Balaban J connectivity index is 2.29. The van der Waals surface area contributed by atoms with Crippen molar-refractivity contribution in [2.45, 2.75) is 13.5 Å². The lowest BCUT2D eigenvalue weighted by Gasteiger charge is -2.12. The van der Waals surface area contributed by atoms with E-state index in [9.17, 15) is 9.90 Å². The number of thiophene rings is 1. The van der Waals surface area contributed by atoms with Gasteiger partial charge in [-0.1, -0.05) is 11.6 Å². The summed E-state index contributed by atoms with van der Waals surface area (Å²) in [5.41, 5.74) is 7.59. The van der Waals surface area contributed by atoms with E-state index in [1.165, 1.54) is 17.7 Å². The van der Waals surface area contributed by atoms with Crippen molar-refractivity contribution in [3.8, 4) is 0 Å². The van der Waals surface area contributed by atoms with Gasteiger partial charge in [0.15, 0.2) is 0 Å². The monoisotopic (exact) mass is 296 g/mol. The summed E-state index contributed by atoms with van der Waals surface area (Å²) in [6.45, 7) is 2.55. The van der Waals surface area contributed by atoms with Crippen LogP contribution in [0.25, 0.3) is 0 Å². The predicted octanol–water partition coefficient (Wildman–Crippen LogP) is 3.60. The van der Waals surface area contributed by atoms with E-state index in [0.29, 0.717) is 22.9 Å². The minimum Gasteiger partial charge on any atom is -0.478 e. The summed E-state index contributed by atoms with van der Waals surface area (Å²) in [6, 6.07) is 4.96. The summed E-state index contributed by atoms with van der Waals surface area (Å²) in [5.74, 6) is -1.06. The van der Waals surface area contributed by atoms with Gasteiger partial charge in [0, 0.05) is 17.1 Å². The molecule has 0 radical (unpaired) electrons. The van der Waals surface area contributed by atoms with E-state index in [1.807, 2.05) is 18.4 Å². The number of aromatic carboxylic acids is 1. The zero-order valence-corrected chi connectivity index (χ0v) is 11.8. The lowest BCUT2D eigenvalue weighted by Crippen LogP contribution is -2.08. The van der Waals surface area contributed by atoms with Crippen LogP contribution in [0.4, 0.5) is 11.4 Å². The van der Waals surface area contributed by atoms with Gasteiger partial charge in [0.2, 0.25) is 0 Å². The van der Waals surface area contributed by atoms with Crippen LogP contribution in [-0.4, -0.2) is 11.1 Å². The van der Waals surface area contributed by atoms with Gasteiger partial charge >= 0.3 is 5.97 Å². The van der Waals surface area contributed by atoms with Crippen LogP contribution in [0.2, 0.25) is 5.02 Å². The molecule has 1 aromatic heterocycles. The molecule has 4 N–H and O–H groups in total. The maximum atomic E-state index is 11.2. The number of anilines is 2. The molecule has 2 rings (SSSR count). The molecule has 0 saturated carbocycles. The quantitative estimate of drug-likeness (QED) is 0.754. The Kier molecular flexibility index (Phi) is 3.97. The van der Waals surface area contributed by atoms with Crippen molar-refractivity contribution in [3.63, 3.8) is 0 Å². The molecule has 0 fully saturated rings. The molecule has 0 aliphatic heterocycles. The first kappa shape index (κ1) is 13.7. The maximum Gasteiger partial charge on any atom is 0.337 e. The van der Waals surface area contributed by atoms with Crippen LogP contribution in [0.5, 0.6) is 0 Å². The van der Waals surface area contributed by atoms with Gasteiger partial charge in [-0.15, -0.1) is 11.3 Å². The first-order valence-electron chi connectivity index (χ1n) is 5.58. The number of benzene rings is 1. The molecule has 6 heteroatoms. The van der Waals surface area contributed by atoms with E-state index in [1.54, 1.807) is 11.3 Å². The first-order valence-corrected chi connectivity index (χ1v) is 6.84. The molecule has 0 aliphatic carbocycles. The second-order valence-electron chi connectivity index (χ2n) is 4.11. The summed E-state index contributed by atoms with van der Waals surface area (Å²) in [4.78, 5) is 12.3. The highest BCUT2D eigenvalue weighted by atomic mass is 35.5. The van der Waals surface area contributed by atoms with Crippen LogP contribution in [0.3, 0.4) is 0 Å². The average Bonchev–Trinajstić information content (AvgIpc) is 2.73. The minimum atomic E-state index is -1.06. The molecular weight excluding hydrogens is 284 g/mol. The molecule has 0 unspecified atom stereocenters. The molecule has 0 bridgehead atoms. The summed E-state index contributed by atoms with van der Waals surface area (Å²) in [7, 11) is 0. The number of hydrogen-bond donors (Lipinski definition) is 3. The lowest BCUT2D eigenvalue weighted by atomic mass is 10.1. The smallest absolute Gasteiger partial charge is 0.337 e. The maximum absolute atomic E-state index is 11.2. The fraction of sp³-hybridized carbons (Fsp3) is 0.154. The van der Waals surface area contributed by atoms with E-state index in [2.05, 4.69) is 5.32 Å². The highest BCUT2D eigenvalue weighted by Crippen LogP contribution is 2.30. The van der Waals surface area contributed by atoms with Crippen LogP contribution in [0.15, 0.2) is 23.6 Å². The number of rotatable bonds is 4. The number of nitrogens with one attached hydrogen (secondary N) is 1. The van der Waals surface area contributed by atoms with Gasteiger partial charge < -0.3 is 16.2 Å². The Morgan fingerprint density at radius 2 is 2.26 bits per heavy atom. The van der Waals surface area contributed by atoms with Gasteiger partial charge in [-0.05, 0) is 36.1 Å². The van der Waals surface area contributed by atoms with Gasteiger partial charge in [-0.25, -0.2) is 4.79 Å². The third-order valence-electron chi connectivity index (χ3n) is 2.74. The number of nitrogen functional groups attached to an aromatic ring is 1. The molecular formula is C13H13ClN2O2S. The van der Waals surface area contributed by atoms with Crippen molar-refractivity contribution in [1.29, 1.82) is 0 Å². The molecule has 0 saturated heterocycles. The van der Waals surface area contributed by atoms with Crippen molar-refractivity contribution >= 4 is 40.3 Å². The zero-order valence-electron chi connectivity index (χ0n) is 10.2. The number of halogens is 1. The van der Waals surface area contributed by atoms with Crippen molar-refractivity contribution in [2.24, 2.45) is 0 Å². The van der Waals surface area contributed by atoms with Crippen molar-refractivity contribution in [1.82, 2.24) is 0 Å². The predicted molar refractivity (Wildman–Crippen MR) is 79.2 cm³/mol. The Bertz CT molecular complexity index is 625. The normalized spacial score (nSPS) is 10.4. The molecule has 100 valence electrons. The van der Waals surface area contributed by atoms with Crippen molar-refractivity contribution in [2.75, 3.05) is 11.1 Å². The van der Waals surface area contributed by atoms with Gasteiger partial charge in [0.05, 0.1) is 16.3 Å². The third kappa shape index (κ3) is 3.00. The van der Waals surface area contributed by atoms with Crippen molar-refractivity contribution in [3.05, 3.63) is 44.6 Å². The number of carboxylic acids is 1. The van der Waals surface area contributed by atoms with Crippen LogP contribution < -0.4 is 11.1 Å². The number of carboxylic acid groups (broad SMARTS) is 1. The van der Waals surface area contributed by atoms with E-state index in [-0.39, 0.29) is 5.56 Å². The SMILES string of the molecule is Cc1ccsc1CNc1c(Cl)cc(N)cc1C(=O)O. The summed E-state index contributed by atoms with van der Waals surface area (Å²) in [5, 5.41) is 14.6. The Labute approximate surface area is 119 Å². The number of carbonyl (C=O) groups is 1. The zero-order chi connectivity index (χ0) is 14.0. The molecule has 0 aliphatic rings. The van der Waals surface area contributed by atoms with E-state index in [0.717, 1.165) is 4.88 Å². The Morgan fingerprint density at radius 3 is 2.84 bits per heavy atom. The Hall–Kier alpha value is -1.72. The highest BCUT2D eigenvalue weighted by molar-refractivity contribution is 7.10. The summed E-state index contributed by atoms with van der Waals surface area (Å²) in [6.07, 6.45) is 0. The lowest BCUT2D eigenvalue weighted by molar-refractivity contribution is 0.0698. The molecule has 1 heterocycles. The number of aryl methyl sites for hydroxylation is 1. The number of hydrogen-bond acceptors (Lipinski definition) is 4. The van der Waals surface area contributed by atoms with E-state index in [4.69, 9.17) is 17.3 Å². The first-order chi connectivity index (χ1) is 8.99. The fourth-order valence-electron chi connectivity index (χ4n) is 1.73. The molecule has 1 aromatic carbocycles. The van der Waals surface area contributed by atoms with Gasteiger partial charge in [-0.2, -0.15) is 0 Å². The number of nitrogens with two attached hydrogens (primary N) is 1. The minimum absolute atomic E-state index is 0.0826. The van der Waals surface area contributed by atoms with Crippen LogP contribution in [-0.2, 0) is 6.54 Å². The van der Waals surface area contributed by atoms with Crippen LogP contribution in [0, 0.1) is 6.92 Å². The Morgan fingerprint density at radius 1 is 1.53 bits per heavy atom. The van der Waals surface area contributed by atoms with Crippen LogP contribution >= 0.6 is 22.9 Å². The van der Waals surface area contributed by atoms with Crippen LogP contribution in [0.1, 0.15) is 20.8 Å². The summed E-state index contributed by atoms with van der Waals surface area (Å²) < 4.78 is 0. The molecule has 4 nitrogen and oxygen atoms in total. The topological polar surface area (TPSA) is 75.3 Å². The molecule has 0 spiro atoms. The molecule has 19 heavy (non-hydrogen) atoms. The molecule has 2 aromatic rings. The van der Waals surface area contributed by atoms with Gasteiger partial charge in [0.25, 0.3) is 0 Å². The molecule has 0 amide bonds. The second kappa shape index (κ2) is 5.50. The standard InChI is InChI=1S/C13H13ClN2O2S/c1-7-2-3-19-11(7)6-16-12-9(13(17)18)4-8(15)5-10(12)14/h2-5,16H,6,15H2,1H3,(H,17,18). The van der Waals surface area contributed by atoms with E-state index >= 15 is 0 Å². The second-order valence-corrected chi connectivity index (χ2v) is 5.52. The fourth-order valence-corrected chi connectivity index (χ4v) is 2.87. The largest absolute Gasteiger partial charge is 0.478 e. The van der Waals surface area contributed by atoms with Gasteiger partial charge in [-0.3, -0.25) is 0 Å². The summed E-state index contributed by atoms with van der Waals surface area (Å²) >= 11 is 7.67. The average molecular weight is 297 g/mol. The van der Waals surface area contributed by atoms with Crippen molar-refractivity contribution < 1.29 is 9.90 Å². The third-order valence-corrected chi connectivity index (χ3v) is 4.06. The van der Waals surface area contributed by atoms with Gasteiger partial charge in [0.1, 0.15) is 0 Å².